The summed E-state index contributed by atoms with van der Waals surface area (Å²) in [7, 11) is -4.15. The van der Waals surface area contributed by atoms with Crippen LogP contribution >= 0.6 is 22.9 Å². The molecule has 10 nitrogen and oxygen atoms in total. The maximum Gasteiger partial charge on any atom is 0.268 e. The molecule has 0 aromatic carbocycles. The van der Waals surface area contributed by atoms with E-state index in [1.54, 1.807) is 6.92 Å². The minimum absolute atomic E-state index is 0.0206. The van der Waals surface area contributed by atoms with Crippen LogP contribution in [0.3, 0.4) is 0 Å². The number of hydrogen-bond acceptors (Lipinski definition) is 8. The first-order valence-corrected chi connectivity index (χ1v) is 9.61. The largest absolute Gasteiger partial charge is 0.336 e. The molecular weight excluding hydrogens is 406 g/mol. The van der Waals surface area contributed by atoms with Gasteiger partial charge in [0.05, 0.1) is 0 Å². The van der Waals surface area contributed by atoms with Crippen molar-refractivity contribution in [2.45, 2.75) is 11.8 Å². The van der Waals surface area contributed by atoms with E-state index in [-0.39, 0.29) is 26.5 Å². The number of aryl methyl sites for hydroxylation is 1. The summed E-state index contributed by atoms with van der Waals surface area (Å²) in [6.07, 6.45) is 0. The molecule has 1 amide bonds. The van der Waals surface area contributed by atoms with Crippen LogP contribution in [-0.4, -0.2) is 29.7 Å². The average molecular weight is 416 g/mol. The van der Waals surface area contributed by atoms with Crippen LogP contribution in [0.1, 0.15) is 15.4 Å². The van der Waals surface area contributed by atoms with E-state index >= 15 is 0 Å². The van der Waals surface area contributed by atoms with Gasteiger partial charge < -0.3 is 9.84 Å². The number of carbonyl (C=O) groups is 1. The molecule has 3 rings (SSSR count). The lowest BCUT2D eigenvalue weighted by Crippen LogP contribution is -2.19. The van der Waals surface area contributed by atoms with E-state index in [1.165, 1.54) is 23.6 Å². The quantitative estimate of drug-likeness (QED) is 0.575. The van der Waals surface area contributed by atoms with Gasteiger partial charge in [-0.15, -0.1) is 11.3 Å². The fraction of sp³-hybridized carbons (Fsp3) is 0.0769. The van der Waals surface area contributed by atoms with Gasteiger partial charge in [-0.3, -0.25) is 9.59 Å². The van der Waals surface area contributed by atoms with Crippen molar-refractivity contribution in [3.63, 3.8) is 0 Å². The number of aromatic amines is 1. The summed E-state index contributed by atoms with van der Waals surface area (Å²) in [5, 5.41) is 13.2. The van der Waals surface area contributed by atoms with Crippen LogP contribution in [0.15, 0.2) is 37.8 Å². The Balaban J connectivity index is 1.87. The lowest BCUT2D eigenvalue weighted by molar-refractivity contribution is 0.102. The van der Waals surface area contributed by atoms with Crippen molar-refractivity contribution in [3.05, 3.63) is 49.5 Å². The molecule has 0 atom stereocenters. The lowest BCUT2D eigenvalue weighted by atomic mass is 10.4. The van der Waals surface area contributed by atoms with Crippen LogP contribution in [-0.2, 0) is 10.0 Å². The predicted octanol–water partition coefficient (Wildman–Crippen LogP) is 1.83. The second kappa shape index (κ2) is 6.90. The number of amides is 1. The summed E-state index contributed by atoms with van der Waals surface area (Å²) in [6, 6.07) is 3.72. The predicted molar refractivity (Wildman–Crippen MR) is 94.2 cm³/mol. The van der Waals surface area contributed by atoms with Crippen LogP contribution < -0.4 is 15.6 Å². The van der Waals surface area contributed by atoms with E-state index in [9.17, 15) is 18.0 Å². The Labute approximate surface area is 155 Å². The second-order valence-electron chi connectivity index (χ2n) is 4.89. The fourth-order valence-corrected chi connectivity index (χ4v) is 4.35. The van der Waals surface area contributed by atoms with E-state index < -0.39 is 21.5 Å². The van der Waals surface area contributed by atoms with Crippen molar-refractivity contribution in [3.8, 4) is 0 Å². The number of nitrogens with one attached hydrogen (secondary N) is 3. The molecule has 0 spiro atoms. The standard InChI is InChI=1S/C13H10ClN5O5S2/c1-6-10(14)13(24-18-6)19-26(22,23)7-4-5-25-11(7)12(21)15-8-2-3-9(20)17-16-8/h2-5,19H,1H3,(H,17,20)(H,15,16,21). The molecule has 3 aromatic rings. The number of anilines is 2. The number of sulfonamides is 1. The summed E-state index contributed by atoms with van der Waals surface area (Å²) < 4.78 is 32.1. The molecule has 0 aliphatic heterocycles. The second-order valence-corrected chi connectivity index (χ2v) is 7.84. The average Bonchev–Trinajstić information content (AvgIpc) is 3.20. The van der Waals surface area contributed by atoms with E-state index in [1.807, 2.05) is 0 Å². The Bertz CT molecular complexity index is 1110. The molecule has 0 saturated carbocycles. The number of aromatic nitrogens is 3. The van der Waals surface area contributed by atoms with Crippen molar-refractivity contribution in [1.29, 1.82) is 0 Å². The number of hydrogen-bond donors (Lipinski definition) is 3. The fourth-order valence-electron chi connectivity index (χ4n) is 1.86. The Hall–Kier alpha value is -2.70. The van der Waals surface area contributed by atoms with Crippen LogP contribution in [0.25, 0.3) is 0 Å². The zero-order chi connectivity index (χ0) is 18.9. The summed E-state index contributed by atoms with van der Waals surface area (Å²) in [4.78, 5) is 23.0. The van der Waals surface area contributed by atoms with Crippen LogP contribution in [0.2, 0.25) is 5.02 Å². The molecule has 0 radical (unpaired) electrons. The highest BCUT2D eigenvalue weighted by Gasteiger charge is 2.27. The molecule has 0 bridgehead atoms. The normalized spacial score (nSPS) is 11.3. The minimum Gasteiger partial charge on any atom is -0.336 e. The molecule has 0 aliphatic carbocycles. The maximum atomic E-state index is 12.6. The van der Waals surface area contributed by atoms with Gasteiger partial charge in [-0.2, -0.15) is 5.10 Å². The Kier molecular flexibility index (Phi) is 4.80. The monoisotopic (exact) mass is 415 g/mol. The Morgan fingerprint density at radius 1 is 1.35 bits per heavy atom. The highest BCUT2D eigenvalue weighted by Crippen LogP contribution is 2.29. The Morgan fingerprint density at radius 3 is 2.73 bits per heavy atom. The first kappa shape index (κ1) is 18.1. The molecule has 3 heterocycles. The van der Waals surface area contributed by atoms with Gasteiger partial charge in [-0.25, -0.2) is 18.2 Å². The highest BCUT2D eigenvalue weighted by molar-refractivity contribution is 7.93. The zero-order valence-electron chi connectivity index (χ0n) is 12.9. The number of nitrogens with zero attached hydrogens (tertiary/aromatic N) is 2. The number of carbonyl (C=O) groups excluding carboxylic acids is 1. The van der Waals surface area contributed by atoms with Gasteiger partial charge in [-0.1, -0.05) is 16.8 Å². The van der Waals surface area contributed by atoms with Gasteiger partial charge in [-0.05, 0) is 24.4 Å². The Morgan fingerprint density at radius 2 is 2.12 bits per heavy atom. The topological polar surface area (TPSA) is 147 Å². The SMILES string of the molecule is Cc1noc(NS(=O)(=O)c2ccsc2C(=O)Nc2ccc(=O)[nH]n2)c1Cl. The molecule has 0 saturated heterocycles. The summed E-state index contributed by atoms with van der Waals surface area (Å²) in [5.74, 6) is -0.892. The molecule has 26 heavy (non-hydrogen) atoms. The van der Waals surface area contributed by atoms with E-state index in [2.05, 4.69) is 25.4 Å². The third-order valence-corrected chi connectivity index (χ3v) is 5.92. The van der Waals surface area contributed by atoms with Gasteiger partial charge in [0, 0.05) is 6.07 Å². The van der Waals surface area contributed by atoms with Gasteiger partial charge in [0.2, 0.25) is 0 Å². The van der Waals surface area contributed by atoms with Gasteiger partial charge in [0.15, 0.2) is 5.82 Å². The van der Waals surface area contributed by atoms with Crippen molar-refractivity contribution in [2.75, 3.05) is 10.0 Å². The molecule has 0 fully saturated rings. The zero-order valence-corrected chi connectivity index (χ0v) is 15.3. The third-order valence-electron chi connectivity index (χ3n) is 3.06. The lowest BCUT2D eigenvalue weighted by Gasteiger charge is -2.07. The highest BCUT2D eigenvalue weighted by atomic mass is 35.5. The molecular formula is C13H10ClN5O5S2. The van der Waals surface area contributed by atoms with Crippen LogP contribution in [0, 0.1) is 6.92 Å². The van der Waals surface area contributed by atoms with E-state index in [0.29, 0.717) is 5.69 Å². The van der Waals surface area contributed by atoms with Crippen LogP contribution in [0.4, 0.5) is 11.7 Å². The van der Waals surface area contributed by atoms with Gasteiger partial charge >= 0.3 is 0 Å². The first-order valence-electron chi connectivity index (χ1n) is 6.87. The van der Waals surface area contributed by atoms with Gasteiger partial charge in [0.1, 0.15) is 20.5 Å². The van der Waals surface area contributed by atoms with Crippen molar-refractivity contribution in [2.24, 2.45) is 0 Å². The summed E-state index contributed by atoms with van der Waals surface area (Å²) >= 11 is 6.82. The molecule has 0 unspecified atom stereocenters. The van der Waals surface area contributed by atoms with E-state index in [4.69, 9.17) is 16.1 Å². The summed E-state index contributed by atoms with van der Waals surface area (Å²) in [5.41, 5.74) is -0.123. The van der Waals surface area contributed by atoms with Crippen molar-refractivity contribution in [1.82, 2.24) is 15.4 Å². The summed E-state index contributed by atoms with van der Waals surface area (Å²) in [6.45, 7) is 1.55. The molecule has 13 heteroatoms. The maximum absolute atomic E-state index is 12.6. The van der Waals surface area contributed by atoms with Gasteiger partial charge in [0.25, 0.3) is 27.4 Å². The smallest absolute Gasteiger partial charge is 0.268 e. The third kappa shape index (κ3) is 3.61. The molecule has 3 aromatic heterocycles. The minimum atomic E-state index is -4.15. The van der Waals surface area contributed by atoms with Crippen LogP contribution in [0.5, 0.6) is 0 Å². The van der Waals surface area contributed by atoms with Crippen molar-refractivity contribution < 1.29 is 17.7 Å². The molecule has 0 aliphatic rings. The van der Waals surface area contributed by atoms with Crippen molar-refractivity contribution >= 4 is 50.6 Å². The molecule has 3 N–H and O–H groups in total. The molecule has 136 valence electrons. The number of thiophene rings is 1. The number of H-pyrrole nitrogens is 1. The number of rotatable bonds is 5. The number of halogens is 1. The van der Waals surface area contributed by atoms with E-state index in [0.717, 1.165) is 11.3 Å². The first-order chi connectivity index (χ1) is 12.3.